The second kappa shape index (κ2) is 6.89. The van der Waals surface area contributed by atoms with Gasteiger partial charge in [-0.15, -0.1) is 0 Å². The molecule has 0 heterocycles. The zero-order chi connectivity index (χ0) is 11.1. The van der Waals surface area contributed by atoms with Gasteiger partial charge >= 0.3 is 0 Å². The SMILES string of the molecule is C/C=C/CCNCc1cccc(Cl)c1Cl. The highest BCUT2D eigenvalue weighted by Gasteiger charge is 2.02. The standard InChI is InChI=1S/C12H15Cl2N/c1-2-3-4-8-15-9-10-6-5-7-11(13)12(10)14/h2-3,5-7,15H,4,8-9H2,1H3/b3-2+. The molecular weight excluding hydrogens is 229 g/mol. The molecule has 0 aliphatic carbocycles. The number of hydrogen-bond donors (Lipinski definition) is 1. The summed E-state index contributed by atoms with van der Waals surface area (Å²) < 4.78 is 0. The van der Waals surface area contributed by atoms with Crippen LogP contribution in [-0.4, -0.2) is 6.54 Å². The highest BCUT2D eigenvalue weighted by molar-refractivity contribution is 6.42. The molecule has 0 fully saturated rings. The van der Waals surface area contributed by atoms with Crippen molar-refractivity contribution >= 4 is 23.2 Å². The lowest BCUT2D eigenvalue weighted by Crippen LogP contribution is -2.14. The molecule has 0 spiro atoms. The van der Waals surface area contributed by atoms with Crippen LogP contribution in [0.2, 0.25) is 10.0 Å². The highest BCUT2D eigenvalue weighted by atomic mass is 35.5. The van der Waals surface area contributed by atoms with Gasteiger partial charge in [-0.25, -0.2) is 0 Å². The predicted octanol–water partition coefficient (Wildman–Crippen LogP) is 4.05. The smallest absolute Gasteiger partial charge is 0.0637 e. The van der Waals surface area contributed by atoms with Crippen molar-refractivity contribution in [2.75, 3.05) is 6.54 Å². The molecule has 1 N–H and O–H groups in total. The first-order valence-corrected chi connectivity index (χ1v) is 5.76. The Hall–Kier alpha value is -0.500. The predicted molar refractivity (Wildman–Crippen MR) is 67.6 cm³/mol. The van der Waals surface area contributed by atoms with Crippen molar-refractivity contribution in [3.63, 3.8) is 0 Å². The zero-order valence-electron chi connectivity index (χ0n) is 8.76. The van der Waals surface area contributed by atoms with Gasteiger partial charge < -0.3 is 5.32 Å². The van der Waals surface area contributed by atoms with Crippen LogP contribution in [0.5, 0.6) is 0 Å². The lowest BCUT2D eigenvalue weighted by molar-refractivity contribution is 0.695. The fourth-order valence-electron chi connectivity index (χ4n) is 1.26. The summed E-state index contributed by atoms with van der Waals surface area (Å²) in [5.74, 6) is 0. The number of nitrogens with one attached hydrogen (secondary N) is 1. The summed E-state index contributed by atoms with van der Waals surface area (Å²) in [5, 5.41) is 4.58. The number of benzene rings is 1. The molecule has 3 heteroatoms. The van der Waals surface area contributed by atoms with E-state index in [4.69, 9.17) is 23.2 Å². The van der Waals surface area contributed by atoms with E-state index in [1.54, 1.807) is 6.07 Å². The van der Waals surface area contributed by atoms with E-state index in [2.05, 4.69) is 11.4 Å². The van der Waals surface area contributed by atoms with Crippen molar-refractivity contribution in [2.45, 2.75) is 19.9 Å². The molecule has 1 nitrogen and oxygen atoms in total. The maximum absolute atomic E-state index is 6.05. The van der Waals surface area contributed by atoms with Crippen LogP contribution in [0.3, 0.4) is 0 Å². The lowest BCUT2D eigenvalue weighted by atomic mass is 10.2. The summed E-state index contributed by atoms with van der Waals surface area (Å²) in [6.45, 7) is 3.73. The number of halogens is 2. The molecule has 1 rings (SSSR count). The van der Waals surface area contributed by atoms with Gasteiger partial charge in [0.1, 0.15) is 0 Å². The maximum Gasteiger partial charge on any atom is 0.0637 e. The Morgan fingerprint density at radius 1 is 1.33 bits per heavy atom. The van der Waals surface area contributed by atoms with Gasteiger partial charge in [-0.05, 0) is 31.5 Å². The van der Waals surface area contributed by atoms with E-state index in [0.717, 1.165) is 25.1 Å². The Labute approximate surface area is 101 Å². The Morgan fingerprint density at radius 3 is 2.87 bits per heavy atom. The summed E-state index contributed by atoms with van der Waals surface area (Å²) in [6, 6.07) is 5.70. The molecule has 0 aliphatic heterocycles. The largest absolute Gasteiger partial charge is 0.312 e. The van der Waals surface area contributed by atoms with E-state index in [1.807, 2.05) is 25.1 Å². The molecule has 1 aromatic rings. The van der Waals surface area contributed by atoms with Crippen molar-refractivity contribution in [1.29, 1.82) is 0 Å². The molecule has 15 heavy (non-hydrogen) atoms. The molecule has 0 saturated carbocycles. The number of hydrogen-bond acceptors (Lipinski definition) is 1. The molecule has 0 saturated heterocycles. The summed E-state index contributed by atoms with van der Waals surface area (Å²) >= 11 is 12.0. The van der Waals surface area contributed by atoms with Gasteiger partial charge in [-0.2, -0.15) is 0 Å². The monoisotopic (exact) mass is 243 g/mol. The van der Waals surface area contributed by atoms with Crippen molar-refractivity contribution in [3.05, 3.63) is 46.0 Å². The number of rotatable bonds is 5. The second-order valence-corrected chi connectivity index (χ2v) is 4.03. The van der Waals surface area contributed by atoms with E-state index in [9.17, 15) is 0 Å². The normalized spacial score (nSPS) is 11.1. The van der Waals surface area contributed by atoms with Gasteiger partial charge in [-0.3, -0.25) is 0 Å². The van der Waals surface area contributed by atoms with Crippen molar-refractivity contribution < 1.29 is 0 Å². The molecule has 0 aliphatic rings. The van der Waals surface area contributed by atoms with Gasteiger partial charge in [0.15, 0.2) is 0 Å². The van der Waals surface area contributed by atoms with Gasteiger partial charge in [0, 0.05) is 6.54 Å². The van der Waals surface area contributed by atoms with Gasteiger partial charge in [0.05, 0.1) is 10.0 Å². The van der Waals surface area contributed by atoms with Gasteiger partial charge in [0.2, 0.25) is 0 Å². The number of allylic oxidation sites excluding steroid dienone is 1. The summed E-state index contributed by atoms with van der Waals surface area (Å²) in [7, 11) is 0. The molecule has 1 aromatic carbocycles. The Bertz CT molecular complexity index is 334. The van der Waals surface area contributed by atoms with Crippen molar-refractivity contribution in [3.8, 4) is 0 Å². The molecule has 82 valence electrons. The fraction of sp³-hybridized carbons (Fsp3) is 0.333. The summed E-state index contributed by atoms with van der Waals surface area (Å²) in [6.07, 6.45) is 5.22. The molecule has 0 atom stereocenters. The molecular formula is C12H15Cl2N. The summed E-state index contributed by atoms with van der Waals surface area (Å²) in [5.41, 5.74) is 1.05. The van der Waals surface area contributed by atoms with Crippen LogP contribution in [0.4, 0.5) is 0 Å². The van der Waals surface area contributed by atoms with Crippen LogP contribution in [0.25, 0.3) is 0 Å². The Balaban J connectivity index is 2.40. The highest BCUT2D eigenvalue weighted by Crippen LogP contribution is 2.25. The minimum atomic E-state index is 0.615. The first-order chi connectivity index (χ1) is 7.25. The molecule has 0 unspecified atom stereocenters. The summed E-state index contributed by atoms with van der Waals surface area (Å²) in [4.78, 5) is 0. The van der Waals surface area contributed by atoms with E-state index < -0.39 is 0 Å². The van der Waals surface area contributed by atoms with Crippen molar-refractivity contribution in [2.24, 2.45) is 0 Å². The molecule has 0 amide bonds. The average molecular weight is 244 g/mol. The third kappa shape index (κ3) is 4.25. The fourth-order valence-corrected chi connectivity index (χ4v) is 1.65. The van der Waals surface area contributed by atoms with Gasteiger partial charge in [0.25, 0.3) is 0 Å². The first-order valence-electron chi connectivity index (χ1n) is 5.00. The molecule has 0 radical (unpaired) electrons. The van der Waals surface area contributed by atoms with Crippen LogP contribution in [0, 0.1) is 0 Å². The van der Waals surface area contributed by atoms with E-state index in [0.29, 0.717) is 10.0 Å². The average Bonchev–Trinajstić information content (AvgIpc) is 2.24. The third-order valence-corrected chi connectivity index (χ3v) is 2.93. The maximum atomic E-state index is 6.05. The minimum absolute atomic E-state index is 0.615. The Kier molecular flexibility index (Phi) is 5.77. The van der Waals surface area contributed by atoms with Crippen LogP contribution in [0.1, 0.15) is 18.9 Å². The third-order valence-electron chi connectivity index (χ3n) is 2.07. The van der Waals surface area contributed by atoms with E-state index in [-0.39, 0.29) is 0 Å². The van der Waals surface area contributed by atoms with Crippen LogP contribution >= 0.6 is 23.2 Å². The van der Waals surface area contributed by atoms with Crippen LogP contribution in [-0.2, 0) is 6.54 Å². The molecule has 0 aromatic heterocycles. The lowest BCUT2D eigenvalue weighted by Gasteiger charge is -2.06. The van der Waals surface area contributed by atoms with Crippen molar-refractivity contribution in [1.82, 2.24) is 5.32 Å². The van der Waals surface area contributed by atoms with E-state index in [1.165, 1.54) is 0 Å². The molecule has 0 bridgehead atoms. The van der Waals surface area contributed by atoms with Crippen LogP contribution < -0.4 is 5.32 Å². The second-order valence-electron chi connectivity index (χ2n) is 3.25. The van der Waals surface area contributed by atoms with E-state index >= 15 is 0 Å². The topological polar surface area (TPSA) is 12.0 Å². The minimum Gasteiger partial charge on any atom is -0.312 e. The van der Waals surface area contributed by atoms with Crippen LogP contribution in [0.15, 0.2) is 30.4 Å². The Morgan fingerprint density at radius 2 is 2.13 bits per heavy atom. The zero-order valence-corrected chi connectivity index (χ0v) is 10.3. The van der Waals surface area contributed by atoms with Gasteiger partial charge in [-0.1, -0.05) is 47.5 Å². The first kappa shape index (κ1) is 12.6. The quantitative estimate of drug-likeness (QED) is 0.608.